The zero-order valence-electron chi connectivity index (χ0n) is 14.5. The second-order valence-corrected chi connectivity index (χ2v) is 7.06. The van der Waals surface area contributed by atoms with Crippen LogP contribution in [0, 0.1) is 5.82 Å². The van der Waals surface area contributed by atoms with Gasteiger partial charge < -0.3 is 0 Å². The molecule has 0 atom stereocenters. The van der Waals surface area contributed by atoms with E-state index in [1.54, 1.807) is 41.8 Å². The van der Waals surface area contributed by atoms with Gasteiger partial charge in [-0.05, 0) is 29.8 Å². The molecule has 140 valence electrons. The van der Waals surface area contributed by atoms with E-state index in [1.165, 1.54) is 23.5 Å². The van der Waals surface area contributed by atoms with Gasteiger partial charge in [0, 0.05) is 10.9 Å². The molecule has 1 aromatic heterocycles. The number of amides is 4. The van der Waals surface area contributed by atoms with Gasteiger partial charge in [-0.3, -0.25) is 14.5 Å². The second kappa shape index (κ2) is 7.32. The van der Waals surface area contributed by atoms with Crippen molar-refractivity contribution in [2.75, 3.05) is 0 Å². The number of halogens is 1. The van der Waals surface area contributed by atoms with Crippen molar-refractivity contribution in [3.05, 3.63) is 77.1 Å². The molecule has 0 aliphatic carbocycles. The number of carbonyl (C=O) groups excluding carboxylic acids is 3. The molecule has 0 N–H and O–H groups in total. The first-order chi connectivity index (χ1) is 13.5. The highest BCUT2D eigenvalue weighted by Crippen LogP contribution is 2.26. The van der Waals surface area contributed by atoms with Crippen LogP contribution in [0.2, 0.25) is 0 Å². The molecule has 4 rings (SSSR count). The molecule has 2 aromatic carbocycles. The molecule has 1 saturated heterocycles. The fourth-order valence-corrected chi connectivity index (χ4v) is 3.68. The summed E-state index contributed by atoms with van der Waals surface area (Å²) in [6, 6.07) is 14.2. The van der Waals surface area contributed by atoms with E-state index in [2.05, 4.69) is 4.98 Å². The molecule has 1 aliphatic rings. The van der Waals surface area contributed by atoms with Gasteiger partial charge in [-0.1, -0.05) is 30.3 Å². The Labute approximate surface area is 163 Å². The van der Waals surface area contributed by atoms with Crippen LogP contribution in [-0.4, -0.2) is 32.6 Å². The largest absolute Gasteiger partial charge is 0.334 e. The highest BCUT2D eigenvalue weighted by molar-refractivity contribution is 7.13. The minimum absolute atomic E-state index is 0.0403. The Morgan fingerprint density at radius 3 is 2.18 bits per heavy atom. The van der Waals surface area contributed by atoms with Gasteiger partial charge in [0.25, 0.3) is 0 Å². The van der Waals surface area contributed by atoms with Crippen LogP contribution in [0.3, 0.4) is 0 Å². The van der Waals surface area contributed by atoms with E-state index >= 15 is 0 Å². The van der Waals surface area contributed by atoms with Gasteiger partial charge in [0.05, 0.1) is 18.8 Å². The quantitative estimate of drug-likeness (QED) is 0.490. The summed E-state index contributed by atoms with van der Waals surface area (Å²) in [7, 11) is 0. The number of thiazole rings is 1. The topological polar surface area (TPSA) is 70.6 Å². The molecular weight excluding hydrogens is 381 g/mol. The third kappa shape index (κ3) is 3.41. The molecule has 0 radical (unpaired) electrons. The van der Waals surface area contributed by atoms with Crippen LogP contribution in [0.5, 0.6) is 0 Å². The fraction of sp³-hybridized carbons (Fsp3) is 0.100. The van der Waals surface area contributed by atoms with Crippen molar-refractivity contribution in [3.8, 4) is 10.6 Å². The van der Waals surface area contributed by atoms with Gasteiger partial charge in [0.1, 0.15) is 10.8 Å². The zero-order chi connectivity index (χ0) is 19.7. The van der Waals surface area contributed by atoms with Crippen LogP contribution in [-0.2, 0) is 22.7 Å². The first-order valence-corrected chi connectivity index (χ1v) is 9.32. The number of benzene rings is 2. The normalized spacial score (nSPS) is 14.2. The Morgan fingerprint density at radius 1 is 0.857 bits per heavy atom. The number of hydrogen-bond acceptors (Lipinski definition) is 5. The lowest BCUT2D eigenvalue weighted by atomic mass is 10.2. The number of carbonyl (C=O) groups is 3. The van der Waals surface area contributed by atoms with E-state index < -0.39 is 17.8 Å². The van der Waals surface area contributed by atoms with Gasteiger partial charge in [0.2, 0.25) is 0 Å². The lowest BCUT2D eigenvalue weighted by molar-refractivity contribution is -0.143. The summed E-state index contributed by atoms with van der Waals surface area (Å²) in [6.45, 7) is -0.0506. The van der Waals surface area contributed by atoms with Gasteiger partial charge in [-0.15, -0.1) is 11.3 Å². The van der Waals surface area contributed by atoms with Crippen molar-refractivity contribution in [2.45, 2.75) is 13.1 Å². The van der Waals surface area contributed by atoms with E-state index in [9.17, 15) is 18.8 Å². The van der Waals surface area contributed by atoms with Crippen molar-refractivity contribution in [2.24, 2.45) is 0 Å². The summed E-state index contributed by atoms with van der Waals surface area (Å²) in [6.07, 6.45) is 0. The predicted octanol–water partition coefficient (Wildman–Crippen LogP) is 3.44. The first-order valence-electron chi connectivity index (χ1n) is 8.44. The van der Waals surface area contributed by atoms with Crippen LogP contribution < -0.4 is 0 Å². The lowest BCUT2D eigenvalue weighted by Crippen LogP contribution is -2.32. The Bertz CT molecular complexity index is 1050. The molecule has 0 spiro atoms. The van der Waals surface area contributed by atoms with E-state index in [4.69, 9.17) is 0 Å². The number of nitrogens with zero attached hydrogens (tertiary/aromatic N) is 3. The van der Waals surface area contributed by atoms with E-state index in [0.29, 0.717) is 10.7 Å². The maximum Gasteiger partial charge on any atom is 0.334 e. The second-order valence-electron chi connectivity index (χ2n) is 6.20. The molecule has 0 bridgehead atoms. The molecule has 6 nitrogen and oxygen atoms in total. The van der Waals surface area contributed by atoms with Crippen molar-refractivity contribution < 1.29 is 18.8 Å². The van der Waals surface area contributed by atoms with Crippen LogP contribution in [0.4, 0.5) is 9.18 Å². The molecule has 8 heteroatoms. The van der Waals surface area contributed by atoms with Gasteiger partial charge in [0.15, 0.2) is 0 Å². The molecular formula is C20H14FN3O3S. The standard InChI is InChI=1S/C20H14FN3O3S/c21-15-8-6-14(7-9-15)17-22-16(12-28-17)11-24-19(26)18(25)23(20(24)27)10-13-4-2-1-3-5-13/h1-9,12H,10-11H2. The molecule has 1 fully saturated rings. The summed E-state index contributed by atoms with van der Waals surface area (Å²) in [5.41, 5.74) is 1.98. The number of urea groups is 1. The Hall–Kier alpha value is -3.39. The molecule has 1 aliphatic heterocycles. The van der Waals surface area contributed by atoms with Crippen LogP contribution in [0.15, 0.2) is 60.0 Å². The van der Waals surface area contributed by atoms with Crippen molar-refractivity contribution in [1.82, 2.24) is 14.8 Å². The van der Waals surface area contributed by atoms with E-state index in [-0.39, 0.29) is 18.9 Å². The maximum atomic E-state index is 13.1. The van der Waals surface area contributed by atoms with Crippen molar-refractivity contribution >= 4 is 29.2 Å². The minimum Gasteiger partial charge on any atom is -0.263 e. The smallest absolute Gasteiger partial charge is 0.263 e. The highest BCUT2D eigenvalue weighted by Gasteiger charge is 2.44. The zero-order valence-corrected chi connectivity index (χ0v) is 15.4. The SMILES string of the molecule is O=C1C(=O)N(Cc2csc(-c3ccc(F)cc3)n2)C(=O)N1Cc1ccccc1. The number of aromatic nitrogens is 1. The van der Waals surface area contributed by atoms with Crippen molar-refractivity contribution in [1.29, 1.82) is 0 Å². The minimum atomic E-state index is -0.864. The Morgan fingerprint density at radius 2 is 1.50 bits per heavy atom. The average Bonchev–Trinajstić information content (AvgIpc) is 3.25. The number of rotatable bonds is 5. The predicted molar refractivity (Wildman–Crippen MR) is 100 cm³/mol. The fourth-order valence-electron chi connectivity index (χ4n) is 2.86. The average molecular weight is 395 g/mol. The lowest BCUT2D eigenvalue weighted by Gasteiger charge is -2.14. The molecule has 0 unspecified atom stereocenters. The van der Waals surface area contributed by atoms with E-state index in [0.717, 1.165) is 20.9 Å². The molecule has 3 aromatic rings. The number of hydrogen-bond donors (Lipinski definition) is 0. The first kappa shape index (κ1) is 18.0. The third-order valence-electron chi connectivity index (χ3n) is 4.28. The van der Waals surface area contributed by atoms with Gasteiger partial charge >= 0.3 is 17.8 Å². The monoisotopic (exact) mass is 395 g/mol. The van der Waals surface area contributed by atoms with Crippen molar-refractivity contribution in [3.63, 3.8) is 0 Å². The third-order valence-corrected chi connectivity index (χ3v) is 5.22. The Kier molecular flexibility index (Phi) is 4.70. The summed E-state index contributed by atoms with van der Waals surface area (Å²) >= 11 is 1.32. The van der Waals surface area contributed by atoms with Gasteiger partial charge in [-0.25, -0.2) is 19.1 Å². The molecule has 0 saturated carbocycles. The molecule has 28 heavy (non-hydrogen) atoms. The molecule has 2 heterocycles. The van der Waals surface area contributed by atoms with Crippen LogP contribution >= 0.6 is 11.3 Å². The van der Waals surface area contributed by atoms with E-state index in [1.807, 2.05) is 6.07 Å². The summed E-state index contributed by atoms with van der Waals surface area (Å²) < 4.78 is 13.1. The summed E-state index contributed by atoms with van der Waals surface area (Å²) in [5, 5.41) is 2.35. The number of imide groups is 2. The highest BCUT2D eigenvalue weighted by atomic mass is 32.1. The van der Waals surface area contributed by atoms with Crippen LogP contribution in [0.25, 0.3) is 10.6 Å². The Balaban J connectivity index is 1.50. The van der Waals surface area contributed by atoms with Gasteiger partial charge in [-0.2, -0.15) is 0 Å². The maximum absolute atomic E-state index is 13.1. The van der Waals surface area contributed by atoms with Crippen LogP contribution in [0.1, 0.15) is 11.3 Å². The summed E-state index contributed by atoms with van der Waals surface area (Å²) in [4.78, 5) is 43.3. The molecule has 4 amide bonds. The summed E-state index contributed by atoms with van der Waals surface area (Å²) in [5.74, 6) is -2.05.